The number of hydrogen-bond donors (Lipinski definition) is 0. The van der Waals surface area contributed by atoms with E-state index in [0.717, 1.165) is 4.88 Å². The van der Waals surface area contributed by atoms with Crippen LogP contribution >= 0.6 is 11.3 Å². The number of rotatable bonds is 6. The summed E-state index contributed by atoms with van der Waals surface area (Å²) in [6, 6.07) is 7.84. The summed E-state index contributed by atoms with van der Waals surface area (Å²) >= 11 is 1.55. The number of hydrogen-bond acceptors (Lipinski definition) is 4. The summed E-state index contributed by atoms with van der Waals surface area (Å²) in [5, 5.41) is 19.0. The summed E-state index contributed by atoms with van der Waals surface area (Å²) in [4.78, 5) is 14.4. The second kappa shape index (κ2) is 8.05. The molecule has 4 nitrogen and oxygen atoms in total. The fourth-order valence-electron chi connectivity index (χ4n) is 1.35. The van der Waals surface area contributed by atoms with Crippen molar-refractivity contribution in [2.75, 3.05) is 13.1 Å². The number of thiophene rings is 1. The quantitative estimate of drug-likeness (QED) is 0.737. The van der Waals surface area contributed by atoms with Crippen LogP contribution in [0.4, 0.5) is 0 Å². The van der Waals surface area contributed by atoms with E-state index in [1.807, 2.05) is 29.7 Å². The Morgan fingerprint density at radius 2 is 2.00 bits per heavy atom. The summed E-state index contributed by atoms with van der Waals surface area (Å²) in [6.07, 6.45) is 3.80. The van der Waals surface area contributed by atoms with Gasteiger partial charge in [-0.15, -0.1) is 11.3 Å². The highest BCUT2D eigenvalue weighted by Gasteiger charge is 2.09. The molecule has 0 saturated carbocycles. The van der Waals surface area contributed by atoms with Crippen molar-refractivity contribution in [3.8, 4) is 12.1 Å². The third kappa shape index (κ3) is 4.82. The summed E-state index contributed by atoms with van der Waals surface area (Å²) in [5.74, 6) is -0.158. The fraction of sp³-hybridized carbons (Fsp3) is 0.308. The molecule has 5 heteroatoms. The zero-order chi connectivity index (χ0) is 13.2. The molecule has 0 aliphatic rings. The van der Waals surface area contributed by atoms with E-state index in [1.54, 1.807) is 17.4 Å². The average molecular weight is 259 g/mol. The minimum atomic E-state index is -0.158. The van der Waals surface area contributed by atoms with E-state index in [-0.39, 0.29) is 18.7 Å². The predicted octanol–water partition coefficient (Wildman–Crippen LogP) is 2.42. The predicted molar refractivity (Wildman–Crippen MR) is 70.4 cm³/mol. The van der Waals surface area contributed by atoms with Gasteiger partial charge in [-0.05, 0) is 17.5 Å². The Hall–Kier alpha value is -2.11. The van der Waals surface area contributed by atoms with Gasteiger partial charge in [0, 0.05) is 24.0 Å². The number of nitriles is 2. The first kappa shape index (κ1) is 14.0. The minimum Gasteiger partial charge on any atom is -0.337 e. The van der Waals surface area contributed by atoms with Gasteiger partial charge in [0.15, 0.2) is 0 Å². The molecule has 0 radical (unpaired) electrons. The highest BCUT2D eigenvalue weighted by Crippen LogP contribution is 2.10. The molecule has 92 valence electrons. The van der Waals surface area contributed by atoms with Crippen molar-refractivity contribution in [3.63, 3.8) is 0 Å². The van der Waals surface area contributed by atoms with Crippen LogP contribution in [-0.4, -0.2) is 23.9 Å². The Morgan fingerprint density at radius 1 is 1.33 bits per heavy atom. The third-order valence-corrected chi connectivity index (χ3v) is 3.07. The van der Waals surface area contributed by atoms with E-state index in [9.17, 15) is 4.79 Å². The lowest BCUT2D eigenvalue weighted by Gasteiger charge is -2.18. The standard InChI is InChI=1S/C13H13N3OS/c14-7-2-9-16(10-3-8-15)13(17)6-5-12-4-1-11-18-12/h1,4-6,11H,2-3,9-10H2/b6-5+. The molecule has 0 spiro atoms. The molecule has 1 heterocycles. The molecule has 0 aliphatic carbocycles. The lowest BCUT2D eigenvalue weighted by Crippen LogP contribution is -2.31. The minimum absolute atomic E-state index is 0.158. The van der Waals surface area contributed by atoms with Gasteiger partial charge in [-0.1, -0.05) is 6.07 Å². The van der Waals surface area contributed by atoms with Crippen LogP contribution in [-0.2, 0) is 4.79 Å². The van der Waals surface area contributed by atoms with Gasteiger partial charge in [0.2, 0.25) is 5.91 Å². The second-order valence-corrected chi connectivity index (χ2v) is 4.47. The van der Waals surface area contributed by atoms with Crippen LogP contribution in [0.2, 0.25) is 0 Å². The van der Waals surface area contributed by atoms with Crippen molar-refractivity contribution in [3.05, 3.63) is 28.5 Å². The van der Waals surface area contributed by atoms with Crippen LogP contribution in [0.5, 0.6) is 0 Å². The lowest BCUT2D eigenvalue weighted by molar-refractivity contribution is -0.125. The van der Waals surface area contributed by atoms with E-state index in [4.69, 9.17) is 10.5 Å². The Balaban J connectivity index is 2.58. The first-order valence-corrected chi connectivity index (χ1v) is 6.40. The van der Waals surface area contributed by atoms with E-state index in [2.05, 4.69) is 0 Å². The normalized spacial score (nSPS) is 9.89. The molecule has 1 aromatic heterocycles. The van der Waals surface area contributed by atoms with Gasteiger partial charge in [-0.25, -0.2) is 0 Å². The molecule has 0 atom stereocenters. The molecule has 0 bridgehead atoms. The van der Waals surface area contributed by atoms with E-state index in [0.29, 0.717) is 13.1 Å². The van der Waals surface area contributed by atoms with Gasteiger partial charge in [0.1, 0.15) is 0 Å². The van der Waals surface area contributed by atoms with Crippen molar-refractivity contribution in [1.82, 2.24) is 4.90 Å². The molecule has 1 aromatic rings. The largest absolute Gasteiger partial charge is 0.337 e. The molecular weight excluding hydrogens is 246 g/mol. The molecule has 0 unspecified atom stereocenters. The Labute approximate surface area is 110 Å². The number of amides is 1. The van der Waals surface area contributed by atoms with Crippen molar-refractivity contribution >= 4 is 23.3 Å². The van der Waals surface area contributed by atoms with Crippen molar-refractivity contribution in [1.29, 1.82) is 10.5 Å². The Bertz CT molecular complexity index is 461. The maximum atomic E-state index is 11.9. The number of carbonyl (C=O) groups is 1. The summed E-state index contributed by atoms with van der Waals surface area (Å²) < 4.78 is 0. The molecule has 1 amide bonds. The van der Waals surface area contributed by atoms with Crippen LogP contribution < -0.4 is 0 Å². The van der Waals surface area contributed by atoms with Gasteiger partial charge in [0.05, 0.1) is 25.0 Å². The highest BCUT2D eigenvalue weighted by molar-refractivity contribution is 7.10. The SMILES string of the molecule is N#CCCN(CCC#N)C(=O)/C=C/c1cccs1. The highest BCUT2D eigenvalue weighted by atomic mass is 32.1. The van der Waals surface area contributed by atoms with E-state index >= 15 is 0 Å². The first-order valence-electron chi connectivity index (χ1n) is 5.52. The van der Waals surface area contributed by atoms with Gasteiger partial charge in [-0.3, -0.25) is 4.79 Å². The number of nitrogens with zero attached hydrogens (tertiary/aromatic N) is 3. The topological polar surface area (TPSA) is 67.9 Å². The van der Waals surface area contributed by atoms with Gasteiger partial charge >= 0.3 is 0 Å². The zero-order valence-electron chi connectivity index (χ0n) is 9.87. The molecule has 1 rings (SSSR count). The van der Waals surface area contributed by atoms with Crippen molar-refractivity contribution < 1.29 is 4.79 Å². The van der Waals surface area contributed by atoms with Crippen LogP contribution in [0.3, 0.4) is 0 Å². The summed E-state index contributed by atoms with van der Waals surface area (Å²) in [6.45, 7) is 0.734. The molecular formula is C13H13N3OS. The molecule has 0 N–H and O–H groups in total. The van der Waals surface area contributed by atoms with Crippen LogP contribution in [0.1, 0.15) is 17.7 Å². The van der Waals surface area contributed by atoms with Gasteiger partial charge in [0.25, 0.3) is 0 Å². The molecule has 0 saturated heterocycles. The van der Waals surface area contributed by atoms with Gasteiger partial charge < -0.3 is 4.90 Å². The van der Waals surface area contributed by atoms with Crippen LogP contribution in [0.25, 0.3) is 6.08 Å². The maximum absolute atomic E-state index is 11.9. The van der Waals surface area contributed by atoms with Crippen LogP contribution in [0, 0.1) is 22.7 Å². The average Bonchev–Trinajstić information content (AvgIpc) is 2.89. The fourth-order valence-corrected chi connectivity index (χ4v) is 1.97. The number of carbonyl (C=O) groups excluding carboxylic acids is 1. The molecule has 0 aliphatic heterocycles. The maximum Gasteiger partial charge on any atom is 0.246 e. The molecule has 0 aromatic carbocycles. The monoisotopic (exact) mass is 259 g/mol. The van der Waals surface area contributed by atoms with Crippen LogP contribution in [0.15, 0.2) is 23.6 Å². The molecule has 18 heavy (non-hydrogen) atoms. The van der Waals surface area contributed by atoms with Gasteiger partial charge in [-0.2, -0.15) is 10.5 Å². The van der Waals surface area contributed by atoms with Crippen molar-refractivity contribution in [2.24, 2.45) is 0 Å². The third-order valence-electron chi connectivity index (χ3n) is 2.23. The second-order valence-electron chi connectivity index (χ2n) is 3.49. The van der Waals surface area contributed by atoms with E-state index in [1.165, 1.54) is 11.0 Å². The molecule has 0 fully saturated rings. The summed E-state index contributed by atoms with van der Waals surface area (Å²) in [5.41, 5.74) is 0. The van der Waals surface area contributed by atoms with E-state index < -0.39 is 0 Å². The lowest BCUT2D eigenvalue weighted by atomic mass is 10.3. The Morgan fingerprint density at radius 3 is 2.50 bits per heavy atom. The summed E-state index contributed by atoms with van der Waals surface area (Å²) in [7, 11) is 0. The van der Waals surface area contributed by atoms with Crippen molar-refractivity contribution in [2.45, 2.75) is 12.8 Å². The first-order chi connectivity index (χ1) is 8.77. The zero-order valence-corrected chi connectivity index (χ0v) is 10.7. The smallest absolute Gasteiger partial charge is 0.246 e. The Kier molecular flexibility index (Phi) is 6.24.